The minimum atomic E-state index is -1.13. The number of nitrogens with one attached hydrogen (secondary N) is 2. The van der Waals surface area contributed by atoms with Gasteiger partial charge in [-0.25, -0.2) is 0 Å². The Morgan fingerprint density at radius 3 is 2.14 bits per heavy atom. The molecule has 80 valence electrons. The van der Waals surface area contributed by atoms with Crippen LogP contribution >= 0.6 is 11.6 Å². The number of carbonyl (C=O) groups is 3. The van der Waals surface area contributed by atoms with E-state index in [9.17, 15) is 14.4 Å². The second kappa shape index (κ2) is 7.14. The molecular weight excluding hydrogens is 212 g/mol. The number of aliphatic carboxylic acids is 1. The molecule has 0 rings (SSSR count). The van der Waals surface area contributed by atoms with Crippen LogP contribution in [0.5, 0.6) is 0 Å². The fourth-order valence-corrected chi connectivity index (χ4v) is 0.761. The summed E-state index contributed by atoms with van der Waals surface area (Å²) < 4.78 is 0. The second-order valence-corrected chi connectivity index (χ2v) is 2.76. The Morgan fingerprint density at radius 1 is 1.07 bits per heavy atom. The molecule has 14 heavy (non-hydrogen) atoms. The van der Waals surface area contributed by atoms with E-state index in [1.54, 1.807) is 0 Å². The van der Waals surface area contributed by atoms with Gasteiger partial charge >= 0.3 is 5.97 Å². The zero-order valence-electron chi connectivity index (χ0n) is 7.38. The van der Waals surface area contributed by atoms with Crippen molar-refractivity contribution in [2.75, 3.05) is 19.0 Å². The van der Waals surface area contributed by atoms with Crippen LogP contribution in [0.1, 0.15) is 6.42 Å². The smallest absolute Gasteiger partial charge is 0.322 e. The van der Waals surface area contributed by atoms with Gasteiger partial charge in [0.05, 0.1) is 6.54 Å². The minimum absolute atomic E-state index is 0.133. The van der Waals surface area contributed by atoms with E-state index in [0.29, 0.717) is 0 Å². The van der Waals surface area contributed by atoms with Crippen molar-refractivity contribution >= 4 is 29.4 Å². The molecule has 6 nitrogen and oxygen atoms in total. The lowest BCUT2D eigenvalue weighted by Crippen LogP contribution is -2.39. The van der Waals surface area contributed by atoms with E-state index in [2.05, 4.69) is 10.6 Å². The van der Waals surface area contributed by atoms with Crippen molar-refractivity contribution in [3.63, 3.8) is 0 Å². The summed E-state index contributed by atoms with van der Waals surface area (Å²) in [6, 6.07) is 0. The summed E-state index contributed by atoms with van der Waals surface area (Å²) in [4.78, 5) is 31.7. The molecule has 3 N–H and O–H groups in total. The molecule has 0 aliphatic rings. The summed E-state index contributed by atoms with van der Waals surface area (Å²) in [7, 11) is 0. The monoisotopic (exact) mass is 222 g/mol. The second-order valence-electron chi connectivity index (χ2n) is 2.39. The molecule has 0 unspecified atom stereocenters. The number of carboxylic acids is 1. The average molecular weight is 223 g/mol. The van der Waals surface area contributed by atoms with Crippen molar-refractivity contribution in [3.8, 4) is 0 Å². The fraction of sp³-hybridized carbons (Fsp3) is 0.571. The lowest BCUT2D eigenvalue weighted by Gasteiger charge is -2.03. The van der Waals surface area contributed by atoms with Crippen LogP contribution in [0.15, 0.2) is 0 Å². The molecule has 0 saturated heterocycles. The van der Waals surface area contributed by atoms with Crippen LogP contribution in [0.2, 0.25) is 0 Å². The normalized spacial score (nSPS) is 9.21. The first kappa shape index (κ1) is 12.7. The highest BCUT2D eigenvalue weighted by Crippen LogP contribution is 1.82. The summed E-state index contributed by atoms with van der Waals surface area (Å²) in [5, 5.41) is 12.6. The van der Waals surface area contributed by atoms with Crippen LogP contribution in [-0.2, 0) is 14.4 Å². The molecular formula is C7H11ClN2O4. The van der Waals surface area contributed by atoms with Crippen molar-refractivity contribution in [2.24, 2.45) is 0 Å². The highest BCUT2D eigenvalue weighted by molar-refractivity contribution is 6.18. The number of halogens is 1. The highest BCUT2D eigenvalue weighted by atomic mass is 35.5. The Hall–Kier alpha value is -1.30. The molecule has 0 fully saturated rings. The van der Waals surface area contributed by atoms with E-state index in [0.717, 1.165) is 0 Å². The SMILES string of the molecule is O=C(O)CNC(=O)CNC(=O)CCCl. The van der Waals surface area contributed by atoms with Crippen LogP contribution in [0.4, 0.5) is 0 Å². The topological polar surface area (TPSA) is 95.5 Å². The molecule has 0 atom stereocenters. The van der Waals surface area contributed by atoms with Crippen LogP contribution < -0.4 is 10.6 Å². The molecule has 0 bridgehead atoms. The Morgan fingerprint density at radius 2 is 1.64 bits per heavy atom. The lowest BCUT2D eigenvalue weighted by atomic mass is 10.4. The molecule has 0 heterocycles. The van der Waals surface area contributed by atoms with Crippen LogP contribution in [0.25, 0.3) is 0 Å². The van der Waals surface area contributed by atoms with E-state index in [-0.39, 0.29) is 24.8 Å². The van der Waals surface area contributed by atoms with Crippen molar-refractivity contribution in [1.82, 2.24) is 10.6 Å². The number of carboxylic acid groups (broad SMARTS) is 1. The van der Waals surface area contributed by atoms with Gasteiger partial charge in [-0.3, -0.25) is 14.4 Å². The number of alkyl halides is 1. The van der Waals surface area contributed by atoms with Gasteiger partial charge in [0.2, 0.25) is 11.8 Å². The first-order valence-electron chi connectivity index (χ1n) is 3.87. The third-order valence-corrected chi connectivity index (χ3v) is 1.39. The average Bonchev–Trinajstić information content (AvgIpc) is 2.12. The molecule has 7 heteroatoms. The van der Waals surface area contributed by atoms with Gasteiger partial charge in [-0.15, -0.1) is 11.6 Å². The molecule has 0 aromatic carbocycles. The van der Waals surface area contributed by atoms with E-state index in [1.165, 1.54) is 0 Å². The molecule has 0 aliphatic carbocycles. The van der Waals surface area contributed by atoms with Gasteiger partial charge in [0.15, 0.2) is 0 Å². The number of amides is 2. The maximum Gasteiger partial charge on any atom is 0.322 e. The van der Waals surface area contributed by atoms with Crippen molar-refractivity contribution in [1.29, 1.82) is 0 Å². The largest absolute Gasteiger partial charge is 0.480 e. The third-order valence-electron chi connectivity index (χ3n) is 1.20. The third kappa shape index (κ3) is 7.35. The Bertz CT molecular complexity index is 232. The van der Waals surface area contributed by atoms with Crippen LogP contribution in [0, 0.1) is 0 Å². The Balaban J connectivity index is 3.53. The van der Waals surface area contributed by atoms with Crippen LogP contribution in [0.3, 0.4) is 0 Å². The van der Waals surface area contributed by atoms with Gasteiger partial charge in [-0.05, 0) is 0 Å². The molecule has 0 radical (unpaired) electrons. The van der Waals surface area contributed by atoms with Crippen LogP contribution in [-0.4, -0.2) is 41.9 Å². The van der Waals surface area contributed by atoms with E-state index >= 15 is 0 Å². The predicted molar refractivity (Wildman–Crippen MR) is 49.0 cm³/mol. The maximum absolute atomic E-state index is 10.8. The molecule has 0 saturated carbocycles. The van der Waals surface area contributed by atoms with Gasteiger partial charge in [0.1, 0.15) is 6.54 Å². The Kier molecular flexibility index (Phi) is 6.47. The van der Waals surface area contributed by atoms with Crippen molar-refractivity contribution in [3.05, 3.63) is 0 Å². The molecule has 0 aromatic rings. The summed E-state index contributed by atoms with van der Waals surface area (Å²) in [5.74, 6) is -1.84. The summed E-state index contributed by atoms with van der Waals surface area (Å²) >= 11 is 5.28. The first-order valence-corrected chi connectivity index (χ1v) is 4.41. The predicted octanol–water partition coefficient (Wildman–Crippen LogP) is -1.07. The van der Waals surface area contributed by atoms with E-state index in [4.69, 9.17) is 16.7 Å². The quantitative estimate of drug-likeness (QED) is 0.499. The van der Waals surface area contributed by atoms with Gasteiger partial charge in [0, 0.05) is 12.3 Å². The van der Waals surface area contributed by atoms with Crippen molar-refractivity contribution < 1.29 is 19.5 Å². The number of rotatable bonds is 6. The van der Waals surface area contributed by atoms with Gasteiger partial charge < -0.3 is 15.7 Å². The van der Waals surface area contributed by atoms with E-state index < -0.39 is 18.4 Å². The summed E-state index contributed by atoms with van der Waals surface area (Å²) in [6.45, 7) is -0.687. The first-order chi connectivity index (χ1) is 6.56. The minimum Gasteiger partial charge on any atom is -0.480 e. The molecule has 0 aromatic heterocycles. The number of hydrogen-bond donors (Lipinski definition) is 3. The standard InChI is InChI=1S/C7H11ClN2O4/c8-2-1-5(11)9-3-6(12)10-4-7(13)14/h1-4H2,(H,9,11)(H,10,12)(H,13,14). The van der Waals surface area contributed by atoms with E-state index in [1.807, 2.05) is 0 Å². The van der Waals surface area contributed by atoms with Gasteiger partial charge in [0.25, 0.3) is 0 Å². The molecule has 2 amide bonds. The fourth-order valence-electron chi connectivity index (χ4n) is 0.590. The summed E-state index contributed by atoms with van der Waals surface area (Å²) in [6.07, 6.45) is 0.133. The molecule has 0 aliphatic heterocycles. The zero-order chi connectivity index (χ0) is 11.0. The highest BCUT2D eigenvalue weighted by Gasteiger charge is 2.05. The van der Waals surface area contributed by atoms with Crippen molar-refractivity contribution in [2.45, 2.75) is 6.42 Å². The Labute approximate surface area is 85.6 Å². The zero-order valence-corrected chi connectivity index (χ0v) is 8.13. The number of carbonyl (C=O) groups excluding carboxylic acids is 2. The van der Waals surface area contributed by atoms with Gasteiger partial charge in [-0.2, -0.15) is 0 Å². The number of hydrogen-bond acceptors (Lipinski definition) is 3. The molecule has 0 spiro atoms. The summed E-state index contributed by atoms with van der Waals surface area (Å²) in [5.41, 5.74) is 0. The lowest BCUT2D eigenvalue weighted by molar-refractivity contribution is -0.137. The van der Waals surface area contributed by atoms with Gasteiger partial charge in [-0.1, -0.05) is 0 Å². The maximum atomic E-state index is 10.8.